The minimum absolute atomic E-state index is 0.107. The van der Waals surface area contributed by atoms with E-state index in [0.29, 0.717) is 36.7 Å². The van der Waals surface area contributed by atoms with E-state index in [1.807, 2.05) is 31.2 Å². The molecule has 0 saturated carbocycles. The highest BCUT2D eigenvalue weighted by molar-refractivity contribution is 9.11. The lowest BCUT2D eigenvalue weighted by atomic mass is 10.1. The molecule has 32 heavy (non-hydrogen) atoms. The fraction of sp³-hybridized carbons (Fsp3) is 0.316. The van der Waals surface area contributed by atoms with Crippen LogP contribution in [-0.4, -0.2) is 50.7 Å². The predicted molar refractivity (Wildman–Crippen MR) is 130 cm³/mol. The first-order valence-electron chi connectivity index (χ1n) is 9.68. The molecule has 0 aliphatic carbocycles. The first-order valence-corrected chi connectivity index (χ1v) is 12.7. The Balaban J connectivity index is 1.79. The maximum atomic E-state index is 12.4. The fourth-order valence-corrected chi connectivity index (χ4v) is 4.04. The third kappa shape index (κ3) is 7.15. The zero-order valence-electron chi connectivity index (χ0n) is 17.1. The molecule has 0 fully saturated rings. The van der Waals surface area contributed by atoms with Gasteiger partial charge in [-0.25, -0.2) is 15.0 Å². The Hall–Kier alpha value is -2.22. The summed E-state index contributed by atoms with van der Waals surface area (Å²) < 4.78 is 42.9. The zero-order chi connectivity index (χ0) is 23.0. The van der Waals surface area contributed by atoms with Crippen molar-refractivity contribution in [2.75, 3.05) is 31.0 Å². The maximum absolute atomic E-state index is 12.4. The Kier molecular flexibility index (Phi) is 8.84. The maximum Gasteiger partial charge on any atom is 0.300 e. The molecule has 0 unspecified atom stereocenters. The van der Waals surface area contributed by atoms with Crippen molar-refractivity contribution in [3.05, 3.63) is 45.7 Å². The Labute approximate surface area is 203 Å². The van der Waals surface area contributed by atoms with Crippen LogP contribution in [0.2, 0.25) is 0 Å². The summed E-state index contributed by atoms with van der Waals surface area (Å²) in [6, 6.07) is 7.69. The van der Waals surface area contributed by atoms with Crippen molar-refractivity contribution >= 4 is 53.9 Å². The summed E-state index contributed by atoms with van der Waals surface area (Å²) in [4.78, 5) is 12.5. The lowest BCUT2D eigenvalue weighted by molar-refractivity contribution is 0.198. The number of anilines is 1. The largest absolute Gasteiger partial charge is 0.473 e. The lowest BCUT2D eigenvalue weighted by Crippen LogP contribution is -2.31. The monoisotopic (exact) mass is 588 g/mol. The normalized spacial score (nSPS) is 13.6. The summed E-state index contributed by atoms with van der Waals surface area (Å²) in [7, 11) is -3.81. The molecule has 172 valence electrons. The van der Waals surface area contributed by atoms with E-state index in [1.165, 1.54) is 6.33 Å². The van der Waals surface area contributed by atoms with Crippen molar-refractivity contribution in [1.29, 1.82) is 0 Å². The predicted octanol–water partition coefficient (Wildman–Crippen LogP) is 3.15. The number of ether oxygens (including phenoxy) is 2. The van der Waals surface area contributed by atoms with E-state index in [-0.39, 0.29) is 24.9 Å². The molecule has 0 bridgehead atoms. The Bertz CT molecular complexity index is 1090. The van der Waals surface area contributed by atoms with Gasteiger partial charge >= 0.3 is 0 Å². The molecule has 2 heterocycles. The smallest absolute Gasteiger partial charge is 0.300 e. The van der Waals surface area contributed by atoms with Crippen LogP contribution in [0.5, 0.6) is 5.88 Å². The second kappa shape index (κ2) is 11.6. The lowest BCUT2D eigenvalue weighted by Gasteiger charge is -2.16. The van der Waals surface area contributed by atoms with Gasteiger partial charge in [-0.05, 0) is 24.1 Å². The molecule has 1 aliphatic rings. The van der Waals surface area contributed by atoms with E-state index in [9.17, 15) is 8.42 Å². The second-order valence-electron chi connectivity index (χ2n) is 6.47. The van der Waals surface area contributed by atoms with Crippen LogP contribution in [0.4, 0.5) is 5.82 Å². The van der Waals surface area contributed by atoms with E-state index in [0.717, 1.165) is 8.96 Å². The van der Waals surface area contributed by atoms with Gasteiger partial charge in [0.2, 0.25) is 5.88 Å². The van der Waals surface area contributed by atoms with Crippen LogP contribution in [0.3, 0.4) is 0 Å². The summed E-state index contributed by atoms with van der Waals surface area (Å²) in [5.74, 6) is 0.329. The number of rotatable bonds is 10. The highest BCUT2D eigenvalue weighted by atomic mass is 79.9. The Morgan fingerprint density at radius 1 is 1.12 bits per heavy atom. The van der Waals surface area contributed by atoms with E-state index < -0.39 is 10.2 Å². The molecular formula is C19H22Br2N6O4S. The number of benzene rings is 1. The van der Waals surface area contributed by atoms with Gasteiger partial charge in [-0.15, -0.1) is 0 Å². The molecule has 2 aromatic rings. The number of aromatic nitrogens is 2. The standard InChI is InChI=1S/C19H22Br2N6O4S/c1-2-7-26-32(28,29)27-17-16(13-3-5-14(20)6-4-13)18(25-12-24-17)30-8-9-31-19-22-10-15(21)11-23-19/h3-6,10,12,26H,2,7-9,11H2,1H3,(H,22,23)(H,24,25,27). The van der Waals surface area contributed by atoms with Crippen LogP contribution in [0.15, 0.2) is 50.7 Å². The summed E-state index contributed by atoms with van der Waals surface area (Å²) in [5, 5.41) is 3.00. The molecule has 3 N–H and O–H groups in total. The number of hydrogen-bond acceptors (Lipinski definition) is 8. The van der Waals surface area contributed by atoms with E-state index in [1.54, 1.807) is 6.20 Å². The molecule has 0 radical (unpaired) electrons. The van der Waals surface area contributed by atoms with Crippen molar-refractivity contribution in [2.45, 2.75) is 13.3 Å². The fourth-order valence-electron chi connectivity index (χ4n) is 2.58. The molecule has 10 nitrogen and oxygen atoms in total. The SMILES string of the molecule is CCCNS(=O)(=O)Nc1ncnc(OCCOC2=NC=C(Br)CN2)c1-c1ccc(Br)cc1. The van der Waals surface area contributed by atoms with Gasteiger partial charge in [-0.3, -0.25) is 4.72 Å². The zero-order valence-corrected chi connectivity index (χ0v) is 21.1. The molecule has 13 heteroatoms. The van der Waals surface area contributed by atoms with Gasteiger partial charge in [0.15, 0.2) is 5.82 Å². The van der Waals surface area contributed by atoms with Gasteiger partial charge in [0.1, 0.15) is 19.5 Å². The van der Waals surface area contributed by atoms with Gasteiger partial charge in [0.25, 0.3) is 16.2 Å². The van der Waals surface area contributed by atoms with Crippen LogP contribution in [0.1, 0.15) is 13.3 Å². The summed E-state index contributed by atoms with van der Waals surface area (Å²) in [5.41, 5.74) is 1.10. The van der Waals surface area contributed by atoms with Gasteiger partial charge in [-0.2, -0.15) is 13.1 Å². The molecule has 1 aromatic heterocycles. The summed E-state index contributed by atoms with van der Waals surface area (Å²) in [6.07, 6.45) is 3.56. The molecule has 1 aliphatic heterocycles. The molecule has 0 amide bonds. The van der Waals surface area contributed by atoms with Gasteiger partial charge in [0.05, 0.1) is 12.1 Å². The van der Waals surface area contributed by atoms with Crippen LogP contribution in [0, 0.1) is 0 Å². The van der Waals surface area contributed by atoms with Gasteiger partial charge in [0, 0.05) is 21.7 Å². The van der Waals surface area contributed by atoms with E-state index in [2.05, 4.69) is 61.6 Å². The van der Waals surface area contributed by atoms with E-state index in [4.69, 9.17) is 9.47 Å². The number of hydrogen-bond donors (Lipinski definition) is 3. The van der Waals surface area contributed by atoms with Crippen LogP contribution in [-0.2, 0) is 14.9 Å². The second-order valence-corrected chi connectivity index (χ2v) is 9.90. The van der Waals surface area contributed by atoms with Gasteiger partial charge in [-0.1, -0.05) is 50.9 Å². The number of nitrogens with zero attached hydrogens (tertiary/aromatic N) is 3. The van der Waals surface area contributed by atoms with Crippen LogP contribution >= 0.6 is 31.9 Å². The minimum Gasteiger partial charge on any atom is -0.473 e. The molecule has 3 rings (SSSR count). The quantitative estimate of drug-likeness (QED) is 0.363. The van der Waals surface area contributed by atoms with Crippen molar-refractivity contribution in [3.8, 4) is 17.0 Å². The Morgan fingerprint density at radius 3 is 2.56 bits per heavy atom. The molecule has 1 aromatic carbocycles. The highest BCUT2D eigenvalue weighted by Gasteiger charge is 2.20. The van der Waals surface area contributed by atoms with Crippen molar-refractivity contribution < 1.29 is 17.9 Å². The number of halogens is 2. The molecule has 0 spiro atoms. The number of nitrogens with one attached hydrogen (secondary N) is 3. The van der Waals surface area contributed by atoms with Crippen molar-refractivity contribution in [3.63, 3.8) is 0 Å². The van der Waals surface area contributed by atoms with Crippen LogP contribution < -0.4 is 19.5 Å². The summed E-state index contributed by atoms with van der Waals surface area (Å²) in [6.45, 7) is 3.14. The molecule has 0 atom stereocenters. The Morgan fingerprint density at radius 2 is 1.88 bits per heavy atom. The van der Waals surface area contributed by atoms with Crippen molar-refractivity contribution in [1.82, 2.24) is 20.0 Å². The average Bonchev–Trinajstić information content (AvgIpc) is 2.77. The summed E-state index contributed by atoms with van der Waals surface area (Å²) >= 11 is 6.75. The third-order valence-corrected chi connectivity index (χ3v) is 6.07. The minimum atomic E-state index is -3.81. The first-order chi connectivity index (χ1) is 15.4. The first kappa shape index (κ1) is 24.4. The number of aliphatic imine (C=N–C) groups is 1. The van der Waals surface area contributed by atoms with Crippen molar-refractivity contribution in [2.24, 2.45) is 4.99 Å². The number of amidine groups is 1. The van der Waals surface area contributed by atoms with Gasteiger partial charge < -0.3 is 14.8 Å². The van der Waals surface area contributed by atoms with E-state index >= 15 is 0 Å². The topological polar surface area (TPSA) is 127 Å². The highest BCUT2D eigenvalue weighted by Crippen LogP contribution is 2.34. The third-order valence-electron chi connectivity index (χ3n) is 4.01. The molecule has 0 saturated heterocycles. The van der Waals surface area contributed by atoms with Crippen LogP contribution in [0.25, 0.3) is 11.1 Å². The average molecular weight is 590 g/mol. The molecular weight excluding hydrogens is 568 g/mol.